The Morgan fingerprint density at radius 2 is 2.15 bits per heavy atom. The molecule has 1 N–H and O–H groups in total. The summed E-state index contributed by atoms with van der Waals surface area (Å²) in [4.78, 5) is 17.5. The highest BCUT2D eigenvalue weighted by atomic mass is 16.5. The van der Waals surface area contributed by atoms with Crippen LogP contribution in [0, 0.1) is 0 Å². The number of methoxy groups -OCH3 is 1. The van der Waals surface area contributed by atoms with Gasteiger partial charge in [0.05, 0.1) is 7.11 Å². The average Bonchev–Trinajstić information content (AvgIpc) is 2.46. The number of fused-ring (bicyclic) bond motifs is 1. The van der Waals surface area contributed by atoms with Crippen LogP contribution in [0.1, 0.15) is 6.42 Å². The topological polar surface area (TPSA) is 54.5 Å². The van der Waals surface area contributed by atoms with Gasteiger partial charge in [-0.25, -0.2) is 4.98 Å². The van der Waals surface area contributed by atoms with E-state index in [2.05, 4.69) is 10.3 Å². The molecule has 1 aromatic carbocycles. The van der Waals surface area contributed by atoms with E-state index in [1.54, 1.807) is 32.3 Å². The average molecular weight is 273 g/mol. The molecule has 0 saturated heterocycles. The van der Waals surface area contributed by atoms with Crippen molar-refractivity contribution in [3.8, 4) is 5.75 Å². The van der Waals surface area contributed by atoms with Gasteiger partial charge in [0.2, 0.25) is 5.91 Å². The van der Waals surface area contributed by atoms with Gasteiger partial charge in [0, 0.05) is 38.6 Å². The number of pyridine rings is 1. The molecule has 0 unspecified atom stereocenters. The summed E-state index contributed by atoms with van der Waals surface area (Å²) in [5.74, 6) is 1.65. The van der Waals surface area contributed by atoms with Crippen molar-refractivity contribution in [3.63, 3.8) is 0 Å². The van der Waals surface area contributed by atoms with Crippen molar-refractivity contribution in [2.75, 3.05) is 33.1 Å². The van der Waals surface area contributed by atoms with Crippen molar-refractivity contribution < 1.29 is 9.53 Å². The maximum Gasteiger partial charge on any atom is 0.223 e. The number of nitrogens with one attached hydrogen (secondary N) is 1. The first-order valence-corrected chi connectivity index (χ1v) is 6.48. The molecule has 0 spiro atoms. The van der Waals surface area contributed by atoms with Crippen LogP contribution in [0.5, 0.6) is 5.75 Å². The second kappa shape index (κ2) is 6.23. The number of benzene rings is 1. The van der Waals surface area contributed by atoms with E-state index >= 15 is 0 Å². The fourth-order valence-electron chi connectivity index (χ4n) is 1.93. The lowest BCUT2D eigenvalue weighted by Crippen LogP contribution is -2.24. The summed E-state index contributed by atoms with van der Waals surface area (Å²) in [7, 11) is 5.15. The van der Waals surface area contributed by atoms with Gasteiger partial charge in [-0.1, -0.05) is 6.07 Å². The molecule has 0 radical (unpaired) electrons. The number of rotatable bonds is 5. The molecular weight excluding hydrogens is 254 g/mol. The Labute approximate surface area is 118 Å². The van der Waals surface area contributed by atoms with Crippen LogP contribution in [-0.4, -0.2) is 43.5 Å². The van der Waals surface area contributed by atoms with Gasteiger partial charge in [-0.05, 0) is 23.6 Å². The fraction of sp³-hybridized carbons (Fsp3) is 0.333. The minimum Gasteiger partial charge on any atom is -0.497 e. The Bertz CT molecular complexity index is 611. The SMILES string of the molecule is COc1ccc2ccnc(NCCC(=O)N(C)C)c2c1. The molecule has 0 atom stereocenters. The first kappa shape index (κ1) is 14.1. The Kier molecular flexibility index (Phi) is 4.40. The number of ether oxygens (including phenoxy) is 1. The first-order chi connectivity index (χ1) is 9.61. The van der Waals surface area contributed by atoms with Crippen LogP contribution < -0.4 is 10.1 Å². The summed E-state index contributed by atoms with van der Waals surface area (Å²) in [6.07, 6.45) is 2.19. The number of carbonyl (C=O) groups excluding carboxylic acids is 1. The molecule has 20 heavy (non-hydrogen) atoms. The zero-order valence-electron chi connectivity index (χ0n) is 12.0. The Balaban J connectivity index is 2.15. The summed E-state index contributed by atoms with van der Waals surface area (Å²) in [6.45, 7) is 0.556. The maximum atomic E-state index is 11.5. The van der Waals surface area contributed by atoms with Gasteiger partial charge in [0.1, 0.15) is 11.6 Å². The van der Waals surface area contributed by atoms with Crippen LogP contribution >= 0.6 is 0 Å². The van der Waals surface area contributed by atoms with Crippen LogP contribution in [0.2, 0.25) is 0 Å². The summed E-state index contributed by atoms with van der Waals surface area (Å²) >= 11 is 0. The molecule has 0 bridgehead atoms. The van der Waals surface area contributed by atoms with Gasteiger partial charge < -0.3 is 15.0 Å². The predicted molar refractivity (Wildman–Crippen MR) is 80.1 cm³/mol. The molecule has 0 saturated carbocycles. The number of hydrogen-bond donors (Lipinski definition) is 1. The lowest BCUT2D eigenvalue weighted by Gasteiger charge is -2.12. The Hall–Kier alpha value is -2.30. The number of amides is 1. The van der Waals surface area contributed by atoms with E-state index in [0.29, 0.717) is 13.0 Å². The fourth-order valence-corrected chi connectivity index (χ4v) is 1.93. The monoisotopic (exact) mass is 273 g/mol. The summed E-state index contributed by atoms with van der Waals surface area (Å²) in [5, 5.41) is 5.29. The highest BCUT2D eigenvalue weighted by Gasteiger charge is 2.06. The van der Waals surface area contributed by atoms with Gasteiger partial charge in [-0.15, -0.1) is 0 Å². The zero-order valence-corrected chi connectivity index (χ0v) is 12.0. The van der Waals surface area contributed by atoms with Crippen LogP contribution in [-0.2, 0) is 4.79 Å². The van der Waals surface area contributed by atoms with Crippen molar-refractivity contribution in [2.45, 2.75) is 6.42 Å². The van der Waals surface area contributed by atoms with Crippen molar-refractivity contribution in [2.24, 2.45) is 0 Å². The third-order valence-electron chi connectivity index (χ3n) is 3.10. The summed E-state index contributed by atoms with van der Waals surface area (Å²) in [5.41, 5.74) is 0. The van der Waals surface area contributed by atoms with Crippen molar-refractivity contribution in [1.29, 1.82) is 0 Å². The van der Waals surface area contributed by atoms with E-state index < -0.39 is 0 Å². The molecule has 0 fully saturated rings. The maximum absolute atomic E-state index is 11.5. The van der Waals surface area contributed by atoms with E-state index in [9.17, 15) is 4.79 Å². The number of anilines is 1. The molecule has 1 aromatic heterocycles. The van der Waals surface area contributed by atoms with E-state index in [-0.39, 0.29) is 5.91 Å². The molecule has 1 amide bonds. The lowest BCUT2D eigenvalue weighted by atomic mass is 10.1. The second-order valence-corrected chi connectivity index (χ2v) is 4.71. The van der Waals surface area contributed by atoms with Crippen LogP contribution in [0.15, 0.2) is 30.5 Å². The van der Waals surface area contributed by atoms with Gasteiger partial charge >= 0.3 is 0 Å². The third kappa shape index (κ3) is 3.17. The largest absolute Gasteiger partial charge is 0.497 e. The van der Waals surface area contributed by atoms with Gasteiger partial charge in [-0.3, -0.25) is 4.79 Å². The van der Waals surface area contributed by atoms with Crippen molar-refractivity contribution in [1.82, 2.24) is 9.88 Å². The quantitative estimate of drug-likeness (QED) is 0.906. The van der Waals surface area contributed by atoms with Gasteiger partial charge in [0.15, 0.2) is 0 Å². The number of nitrogens with zero attached hydrogens (tertiary/aromatic N) is 2. The minimum absolute atomic E-state index is 0.0929. The van der Waals surface area contributed by atoms with E-state index in [4.69, 9.17) is 4.74 Å². The second-order valence-electron chi connectivity index (χ2n) is 4.71. The standard InChI is InChI=1S/C15H19N3O2/c1-18(2)14(19)7-9-17-15-13-10-12(20-3)5-4-11(13)6-8-16-15/h4-6,8,10H,7,9H2,1-3H3,(H,16,17). The first-order valence-electron chi connectivity index (χ1n) is 6.48. The number of hydrogen-bond acceptors (Lipinski definition) is 4. The summed E-state index contributed by atoms with van der Waals surface area (Å²) < 4.78 is 5.24. The molecule has 5 heteroatoms. The highest BCUT2D eigenvalue weighted by molar-refractivity contribution is 5.92. The molecule has 2 rings (SSSR count). The van der Waals surface area contributed by atoms with Gasteiger partial charge in [0.25, 0.3) is 0 Å². The molecule has 0 aliphatic carbocycles. The van der Waals surface area contributed by atoms with E-state index in [1.165, 1.54) is 0 Å². The predicted octanol–water partition coefficient (Wildman–Crippen LogP) is 2.13. The minimum atomic E-state index is 0.0929. The van der Waals surface area contributed by atoms with Crippen LogP contribution in [0.3, 0.4) is 0 Å². The lowest BCUT2D eigenvalue weighted by molar-refractivity contribution is -0.128. The molecule has 5 nitrogen and oxygen atoms in total. The van der Waals surface area contributed by atoms with Gasteiger partial charge in [-0.2, -0.15) is 0 Å². The van der Waals surface area contributed by atoms with Crippen molar-refractivity contribution in [3.05, 3.63) is 30.5 Å². The van der Waals surface area contributed by atoms with Crippen LogP contribution in [0.25, 0.3) is 10.8 Å². The highest BCUT2D eigenvalue weighted by Crippen LogP contribution is 2.25. The Morgan fingerprint density at radius 1 is 1.35 bits per heavy atom. The Morgan fingerprint density at radius 3 is 2.85 bits per heavy atom. The number of carbonyl (C=O) groups is 1. The molecule has 0 aliphatic rings. The zero-order chi connectivity index (χ0) is 14.5. The summed E-state index contributed by atoms with van der Waals surface area (Å²) in [6, 6.07) is 7.80. The molecule has 0 aliphatic heterocycles. The normalized spacial score (nSPS) is 10.3. The van der Waals surface area contributed by atoms with Crippen LogP contribution in [0.4, 0.5) is 5.82 Å². The van der Waals surface area contributed by atoms with E-state index in [1.807, 2.05) is 24.3 Å². The molecule has 106 valence electrons. The molecule has 1 heterocycles. The third-order valence-corrected chi connectivity index (χ3v) is 3.10. The number of aromatic nitrogens is 1. The van der Waals surface area contributed by atoms with E-state index in [0.717, 1.165) is 22.3 Å². The molecule has 2 aromatic rings. The van der Waals surface area contributed by atoms with Crippen molar-refractivity contribution >= 4 is 22.5 Å². The molecular formula is C15H19N3O2. The smallest absolute Gasteiger partial charge is 0.223 e.